The Hall–Kier alpha value is -5.78. The number of pyridine rings is 2. The van der Waals surface area contributed by atoms with E-state index in [-0.39, 0.29) is 0 Å². The molecule has 5 heteroatoms. The molecule has 0 saturated carbocycles. The first-order valence-electron chi connectivity index (χ1n) is 15.2. The van der Waals surface area contributed by atoms with E-state index in [0.29, 0.717) is 5.82 Å². The van der Waals surface area contributed by atoms with Crippen molar-refractivity contribution in [2.75, 3.05) is 0 Å². The second-order valence-electron chi connectivity index (χ2n) is 11.0. The van der Waals surface area contributed by atoms with Crippen LogP contribution in [0.2, 0.25) is 0 Å². The maximum Gasteiger partial charge on any atom is 0.160 e. The van der Waals surface area contributed by atoms with Gasteiger partial charge >= 0.3 is 0 Å². The predicted molar refractivity (Wildman–Crippen MR) is 195 cm³/mol. The first-order valence-corrected chi connectivity index (χ1v) is 16.0. The molecule has 0 fully saturated rings. The zero-order chi connectivity index (χ0) is 31.0. The molecule has 4 aromatic heterocycles. The van der Waals surface area contributed by atoms with Crippen LogP contribution in [0.1, 0.15) is 12.6 Å². The van der Waals surface area contributed by atoms with Crippen LogP contribution in [0.15, 0.2) is 146 Å². The smallest absolute Gasteiger partial charge is 0.160 e. The summed E-state index contributed by atoms with van der Waals surface area (Å²) >= 11 is 1.80. The fourth-order valence-electron chi connectivity index (χ4n) is 6.12. The van der Waals surface area contributed by atoms with E-state index in [0.717, 1.165) is 61.2 Å². The van der Waals surface area contributed by atoms with E-state index < -0.39 is 0 Å². The summed E-state index contributed by atoms with van der Waals surface area (Å²) in [6.07, 6.45) is 9.67. The van der Waals surface area contributed by atoms with Crippen LogP contribution in [0.5, 0.6) is 0 Å². The lowest BCUT2D eigenvalue weighted by molar-refractivity contribution is 1.16. The summed E-state index contributed by atoms with van der Waals surface area (Å²) < 4.78 is 2.41. The van der Waals surface area contributed by atoms with Gasteiger partial charge in [-0.05, 0) is 42.8 Å². The normalized spacial score (nSPS) is 12.2. The molecule has 4 nitrogen and oxygen atoms in total. The first-order chi connectivity index (χ1) is 22.7. The summed E-state index contributed by atoms with van der Waals surface area (Å²) in [7, 11) is 0. The number of thiophene rings is 1. The highest BCUT2D eigenvalue weighted by molar-refractivity contribution is 7.26. The van der Waals surface area contributed by atoms with Crippen molar-refractivity contribution in [3.63, 3.8) is 0 Å². The van der Waals surface area contributed by atoms with Gasteiger partial charge in [-0.1, -0.05) is 110 Å². The monoisotopic (exact) mass is 608 g/mol. The molecule has 0 spiro atoms. The minimum Gasteiger partial charge on any atom is -0.254 e. The highest BCUT2D eigenvalue weighted by Gasteiger charge is 2.19. The van der Waals surface area contributed by atoms with E-state index >= 15 is 0 Å². The summed E-state index contributed by atoms with van der Waals surface area (Å²) in [6, 6.07) is 37.8. The highest BCUT2D eigenvalue weighted by atomic mass is 32.1. The molecular weight excluding hydrogens is 581 g/mol. The summed E-state index contributed by atoms with van der Waals surface area (Å²) in [6.45, 7) is 5.89. The first kappa shape index (κ1) is 27.7. The summed E-state index contributed by atoms with van der Waals surface area (Å²) in [5, 5.41) is 4.50. The molecule has 8 aromatic rings. The molecule has 0 N–H and O–H groups in total. The standard InChI is InChI=1S/C41H28N4S/c1-3-5-12-26(4-2)33-25-34(45-41(44-33)29-13-7-6-8-14-29)31-17-10-19-36-38(31)37-30(16-9-18-35(37)46-36)32-23-22-28-21-20-27-15-11-24-42-39(27)40(28)43-32/h3-25H,1H2,2H3/b12-5-,26-4+. The SMILES string of the molecule is C=C/C=C\C(=C/C)c1cc(-c2cccc3sc4cccc(-c5ccc6ccc7cccnc7c6n5)c4c23)nc(-c2ccccc2)n1. The van der Waals surface area contributed by atoms with Crippen molar-refractivity contribution in [2.24, 2.45) is 0 Å². The van der Waals surface area contributed by atoms with Gasteiger partial charge in [-0.2, -0.15) is 0 Å². The lowest BCUT2D eigenvalue weighted by Gasteiger charge is -2.12. The van der Waals surface area contributed by atoms with Crippen molar-refractivity contribution in [3.8, 4) is 33.9 Å². The minimum absolute atomic E-state index is 0.687. The van der Waals surface area contributed by atoms with Gasteiger partial charge in [-0.3, -0.25) is 4.98 Å². The van der Waals surface area contributed by atoms with Crippen LogP contribution in [0.3, 0.4) is 0 Å². The van der Waals surface area contributed by atoms with Crippen molar-refractivity contribution in [1.82, 2.24) is 19.9 Å². The van der Waals surface area contributed by atoms with Crippen molar-refractivity contribution < 1.29 is 0 Å². The molecular formula is C41H28N4S. The Kier molecular flexibility index (Phi) is 7.01. The van der Waals surface area contributed by atoms with Gasteiger partial charge in [-0.25, -0.2) is 15.0 Å². The van der Waals surface area contributed by atoms with Gasteiger partial charge in [0.15, 0.2) is 5.82 Å². The predicted octanol–water partition coefficient (Wildman–Crippen LogP) is 11.1. The number of hydrogen-bond acceptors (Lipinski definition) is 5. The number of fused-ring (bicyclic) bond motifs is 6. The van der Waals surface area contributed by atoms with Crippen LogP contribution in [0.4, 0.5) is 0 Å². The van der Waals surface area contributed by atoms with Gasteiger partial charge in [0.25, 0.3) is 0 Å². The molecule has 0 aliphatic rings. The summed E-state index contributed by atoms with van der Waals surface area (Å²) in [5.74, 6) is 0.687. The number of rotatable bonds is 6. The second-order valence-corrected chi connectivity index (χ2v) is 12.1. The lowest BCUT2D eigenvalue weighted by atomic mass is 9.97. The van der Waals surface area contributed by atoms with Gasteiger partial charge < -0.3 is 0 Å². The molecule has 0 aliphatic carbocycles. The van der Waals surface area contributed by atoms with Crippen molar-refractivity contribution in [3.05, 3.63) is 152 Å². The van der Waals surface area contributed by atoms with E-state index in [1.807, 2.05) is 49.5 Å². The highest BCUT2D eigenvalue weighted by Crippen LogP contribution is 2.44. The molecule has 0 amide bonds. The van der Waals surface area contributed by atoms with Gasteiger partial charge in [0.2, 0.25) is 0 Å². The average Bonchev–Trinajstić information content (AvgIpc) is 3.51. The summed E-state index contributed by atoms with van der Waals surface area (Å²) in [5.41, 5.74) is 8.60. The van der Waals surface area contributed by atoms with E-state index in [9.17, 15) is 0 Å². The van der Waals surface area contributed by atoms with Gasteiger partial charge in [-0.15, -0.1) is 11.3 Å². The third kappa shape index (κ3) is 4.78. The number of aromatic nitrogens is 4. The molecule has 0 unspecified atom stereocenters. The Balaban J connectivity index is 1.40. The quantitative estimate of drug-likeness (QED) is 0.139. The molecule has 0 saturated heterocycles. The van der Waals surface area contributed by atoms with Crippen LogP contribution >= 0.6 is 11.3 Å². The number of benzene rings is 4. The van der Waals surface area contributed by atoms with Crippen LogP contribution in [-0.2, 0) is 0 Å². The molecule has 218 valence electrons. The van der Waals surface area contributed by atoms with Crippen LogP contribution in [-0.4, -0.2) is 19.9 Å². The van der Waals surface area contributed by atoms with E-state index in [1.54, 1.807) is 17.4 Å². The number of hydrogen-bond donors (Lipinski definition) is 0. The molecule has 8 rings (SSSR count). The number of nitrogens with zero attached hydrogens (tertiary/aromatic N) is 4. The largest absolute Gasteiger partial charge is 0.254 e. The average molecular weight is 609 g/mol. The van der Waals surface area contributed by atoms with Crippen LogP contribution < -0.4 is 0 Å². The second kappa shape index (κ2) is 11.6. The van der Waals surface area contributed by atoms with Crippen LogP contribution in [0, 0.1) is 0 Å². The van der Waals surface area contributed by atoms with Crippen LogP contribution in [0.25, 0.3) is 81.5 Å². The zero-order valence-corrected chi connectivity index (χ0v) is 26.0. The fourth-order valence-corrected chi connectivity index (χ4v) is 7.28. The van der Waals surface area contributed by atoms with E-state index in [4.69, 9.17) is 19.9 Å². The molecule has 4 aromatic carbocycles. The van der Waals surface area contributed by atoms with Crippen molar-refractivity contribution in [1.29, 1.82) is 0 Å². The maximum absolute atomic E-state index is 5.24. The van der Waals surface area contributed by atoms with Gasteiger partial charge in [0.05, 0.1) is 28.1 Å². The third-order valence-electron chi connectivity index (χ3n) is 8.28. The maximum atomic E-state index is 5.24. The van der Waals surface area contributed by atoms with Crippen molar-refractivity contribution >= 4 is 58.9 Å². The summed E-state index contributed by atoms with van der Waals surface area (Å²) in [4.78, 5) is 20.1. The van der Waals surface area contributed by atoms with E-state index in [1.165, 1.54) is 20.2 Å². The fraction of sp³-hybridized carbons (Fsp3) is 0.0244. The molecule has 0 aliphatic heterocycles. The Morgan fingerprint density at radius 2 is 1.39 bits per heavy atom. The Labute approximate surface area is 270 Å². The zero-order valence-electron chi connectivity index (χ0n) is 25.2. The third-order valence-corrected chi connectivity index (χ3v) is 9.40. The molecule has 46 heavy (non-hydrogen) atoms. The molecule has 0 radical (unpaired) electrons. The molecule has 4 heterocycles. The molecule has 0 bridgehead atoms. The van der Waals surface area contributed by atoms with Gasteiger partial charge in [0, 0.05) is 53.8 Å². The van der Waals surface area contributed by atoms with E-state index in [2.05, 4.69) is 97.6 Å². The Bertz CT molecular complexity index is 2510. The Morgan fingerprint density at radius 3 is 2.13 bits per heavy atom. The number of allylic oxidation sites excluding steroid dienone is 5. The Morgan fingerprint density at radius 1 is 0.674 bits per heavy atom. The minimum atomic E-state index is 0.687. The topological polar surface area (TPSA) is 51.6 Å². The van der Waals surface area contributed by atoms with Crippen molar-refractivity contribution in [2.45, 2.75) is 6.92 Å². The lowest BCUT2D eigenvalue weighted by Crippen LogP contribution is -1.98. The molecule has 0 atom stereocenters. The van der Waals surface area contributed by atoms with Gasteiger partial charge in [0.1, 0.15) is 0 Å².